The maximum atomic E-state index is 10.7. The van der Waals surface area contributed by atoms with Gasteiger partial charge in [-0.1, -0.05) is 66.7 Å². The number of aliphatic hydroxyl groups is 2. The number of aromatic nitrogens is 2. The average Bonchev–Trinajstić information content (AvgIpc) is 3.22. The summed E-state index contributed by atoms with van der Waals surface area (Å²) < 4.78 is 2.20. The third-order valence-corrected chi connectivity index (χ3v) is 6.63. The van der Waals surface area contributed by atoms with Crippen LogP contribution in [0.25, 0.3) is 38.9 Å². The first-order valence-corrected chi connectivity index (χ1v) is 12.0. The van der Waals surface area contributed by atoms with Gasteiger partial charge in [-0.25, -0.2) is 4.98 Å². The fourth-order valence-corrected chi connectivity index (χ4v) is 4.18. The summed E-state index contributed by atoms with van der Waals surface area (Å²) in [5.74, 6) is 0.868. The Labute approximate surface area is 216 Å². The van der Waals surface area contributed by atoms with Crippen LogP contribution in [-0.4, -0.2) is 53.4 Å². The third-order valence-electron chi connectivity index (χ3n) is 6.63. The molecule has 5 N–H and O–H groups in total. The van der Waals surface area contributed by atoms with Gasteiger partial charge in [0.1, 0.15) is 5.82 Å². The van der Waals surface area contributed by atoms with Crippen molar-refractivity contribution in [3.05, 3.63) is 96.6 Å². The van der Waals surface area contributed by atoms with Crippen LogP contribution >= 0.6 is 0 Å². The van der Waals surface area contributed by atoms with E-state index in [1.807, 2.05) is 42.5 Å². The van der Waals surface area contributed by atoms with E-state index in [0.717, 1.165) is 33.7 Å². The van der Waals surface area contributed by atoms with Gasteiger partial charge in [-0.2, -0.15) is 0 Å². The van der Waals surface area contributed by atoms with E-state index >= 15 is 0 Å². The van der Waals surface area contributed by atoms with Gasteiger partial charge >= 0.3 is 7.32 Å². The number of benzene rings is 4. The zero-order valence-electron chi connectivity index (χ0n) is 21.1. The Hall–Kier alpha value is -3.53. The van der Waals surface area contributed by atoms with Gasteiger partial charge in [0.05, 0.1) is 22.2 Å². The zero-order valence-corrected chi connectivity index (χ0v) is 21.1. The molecule has 190 valence electrons. The molecule has 0 aliphatic rings. The topological polar surface area (TPSA) is 119 Å². The molecule has 1 aromatic heterocycles. The molecular formula is C29H31BN2O5. The first-order valence-electron chi connectivity index (χ1n) is 12.0. The number of para-hydroxylation sites is 2. The molecule has 0 fully saturated rings. The molecule has 0 aliphatic heterocycles. The van der Waals surface area contributed by atoms with Crippen molar-refractivity contribution in [2.45, 2.75) is 38.4 Å². The lowest BCUT2D eigenvalue weighted by Crippen LogP contribution is -2.49. The predicted octanol–water partition coefficient (Wildman–Crippen LogP) is 3.86. The van der Waals surface area contributed by atoms with Crippen LogP contribution in [0.4, 0.5) is 0 Å². The van der Waals surface area contributed by atoms with Gasteiger partial charge in [-0.05, 0) is 61.4 Å². The van der Waals surface area contributed by atoms with Crippen molar-refractivity contribution in [2.75, 3.05) is 0 Å². The van der Waals surface area contributed by atoms with Crippen LogP contribution < -0.4 is 0 Å². The molecule has 1 unspecified atom stereocenters. The molecule has 5 rings (SSSR count). The van der Waals surface area contributed by atoms with Crippen molar-refractivity contribution in [1.82, 2.24) is 9.55 Å². The Bertz CT molecular complexity index is 1500. The van der Waals surface area contributed by atoms with Crippen LogP contribution in [-0.2, 0) is 6.42 Å². The molecule has 7 nitrogen and oxygen atoms in total. The van der Waals surface area contributed by atoms with E-state index in [1.54, 1.807) is 20.8 Å². The van der Waals surface area contributed by atoms with Gasteiger partial charge in [-0.15, -0.1) is 0 Å². The second kappa shape index (κ2) is 10.5. The molecule has 0 aliphatic carbocycles. The normalized spacial score (nSPS) is 13.2. The van der Waals surface area contributed by atoms with E-state index in [9.17, 15) is 10.2 Å². The molecule has 37 heavy (non-hydrogen) atoms. The van der Waals surface area contributed by atoms with Gasteiger partial charge in [0.25, 0.3) is 0 Å². The first kappa shape index (κ1) is 26.5. The lowest BCUT2D eigenvalue weighted by Gasteiger charge is -2.35. The van der Waals surface area contributed by atoms with Crippen molar-refractivity contribution in [3.8, 4) is 17.1 Å². The third kappa shape index (κ3) is 5.90. The van der Waals surface area contributed by atoms with Crippen LogP contribution in [0.5, 0.6) is 0 Å². The van der Waals surface area contributed by atoms with Crippen LogP contribution in [0.15, 0.2) is 91.0 Å². The van der Waals surface area contributed by atoms with E-state index in [2.05, 4.69) is 53.1 Å². The fraction of sp³-hybridized carbons (Fsp3) is 0.207. The summed E-state index contributed by atoms with van der Waals surface area (Å²) in [5.41, 5.74) is 2.57. The van der Waals surface area contributed by atoms with Crippen molar-refractivity contribution >= 4 is 29.1 Å². The minimum atomic E-state index is -2.17. The van der Waals surface area contributed by atoms with Gasteiger partial charge in [0.2, 0.25) is 0 Å². The van der Waals surface area contributed by atoms with E-state index < -0.39 is 18.5 Å². The van der Waals surface area contributed by atoms with Crippen LogP contribution in [0.2, 0.25) is 0 Å². The highest BCUT2D eigenvalue weighted by Crippen LogP contribution is 2.31. The number of imidazole rings is 1. The van der Waals surface area contributed by atoms with Crippen molar-refractivity contribution in [1.29, 1.82) is 0 Å². The lowest BCUT2D eigenvalue weighted by atomic mass is 9.82. The second-order valence-electron chi connectivity index (χ2n) is 9.84. The SMILES string of the molecule is CC(C)(O)C(C)(O)Cc1ccc(-c2nc3ccccc3n2-c2ccc3ccccc3c2)cc1.OB(O)O. The second-order valence-corrected chi connectivity index (χ2v) is 9.84. The van der Waals surface area contributed by atoms with Crippen LogP contribution in [0, 0.1) is 0 Å². The maximum Gasteiger partial charge on any atom is 0.631 e. The highest BCUT2D eigenvalue weighted by atomic mass is 16.5. The van der Waals surface area contributed by atoms with Crippen molar-refractivity contribution < 1.29 is 25.3 Å². The first-order chi connectivity index (χ1) is 17.5. The number of rotatable bonds is 5. The van der Waals surface area contributed by atoms with E-state index in [4.69, 9.17) is 20.1 Å². The Balaban J connectivity index is 0.000000747. The summed E-state index contributed by atoms with van der Waals surface area (Å²) in [6.45, 7) is 4.93. The number of hydrogen-bond acceptors (Lipinski definition) is 6. The summed E-state index contributed by atoms with van der Waals surface area (Å²) in [6, 6.07) is 31.1. The summed E-state index contributed by atoms with van der Waals surface area (Å²) in [7, 11) is -2.17. The molecule has 0 saturated carbocycles. The molecule has 4 aromatic carbocycles. The highest BCUT2D eigenvalue weighted by molar-refractivity contribution is 6.30. The molecule has 8 heteroatoms. The minimum Gasteiger partial charge on any atom is -0.402 e. The maximum absolute atomic E-state index is 10.7. The summed E-state index contributed by atoms with van der Waals surface area (Å²) in [4.78, 5) is 4.96. The molecule has 0 bridgehead atoms. The number of hydrogen-bond donors (Lipinski definition) is 5. The van der Waals surface area contributed by atoms with E-state index in [1.165, 1.54) is 10.8 Å². The Kier molecular flexibility index (Phi) is 7.50. The van der Waals surface area contributed by atoms with Gasteiger partial charge in [0, 0.05) is 17.7 Å². The Morgan fingerprint density at radius 1 is 0.757 bits per heavy atom. The molecule has 1 heterocycles. The molecule has 0 spiro atoms. The Morgan fingerprint density at radius 2 is 1.35 bits per heavy atom. The largest absolute Gasteiger partial charge is 0.631 e. The van der Waals surface area contributed by atoms with Crippen LogP contribution in [0.1, 0.15) is 26.3 Å². The summed E-state index contributed by atoms with van der Waals surface area (Å²) in [5, 5.41) is 44.9. The number of fused-ring (bicyclic) bond motifs is 2. The fourth-order valence-electron chi connectivity index (χ4n) is 4.18. The zero-order chi connectivity index (χ0) is 26.8. The minimum absolute atomic E-state index is 0.359. The molecule has 0 saturated heterocycles. The standard InChI is InChI=1S/C29H28N2O2.BH3O3/c1-28(2,32)29(3,33)19-20-12-14-22(15-13-20)27-30-25-10-6-7-11-26(25)31(27)24-17-16-21-8-4-5-9-23(21)18-24;2-1(3)4/h4-18,32-33H,19H2,1-3H3;2-4H. The summed E-state index contributed by atoms with van der Waals surface area (Å²) in [6.07, 6.45) is 0.359. The van der Waals surface area contributed by atoms with Crippen LogP contribution in [0.3, 0.4) is 0 Å². The van der Waals surface area contributed by atoms with Gasteiger partial charge < -0.3 is 25.3 Å². The molecular weight excluding hydrogens is 467 g/mol. The molecule has 1 atom stereocenters. The van der Waals surface area contributed by atoms with Crippen molar-refractivity contribution in [3.63, 3.8) is 0 Å². The molecule has 0 amide bonds. The molecule has 5 aromatic rings. The average molecular weight is 498 g/mol. The smallest absolute Gasteiger partial charge is 0.402 e. The van der Waals surface area contributed by atoms with E-state index in [0.29, 0.717) is 6.42 Å². The van der Waals surface area contributed by atoms with E-state index in [-0.39, 0.29) is 0 Å². The highest BCUT2D eigenvalue weighted by Gasteiger charge is 2.37. The quantitative estimate of drug-likeness (QED) is 0.235. The Morgan fingerprint density at radius 3 is 2.00 bits per heavy atom. The van der Waals surface area contributed by atoms with Crippen molar-refractivity contribution in [2.24, 2.45) is 0 Å². The lowest BCUT2D eigenvalue weighted by molar-refractivity contribution is -0.118. The molecule has 0 radical (unpaired) electrons. The van der Waals surface area contributed by atoms with Gasteiger partial charge in [-0.3, -0.25) is 4.57 Å². The predicted molar refractivity (Wildman–Crippen MR) is 147 cm³/mol. The number of nitrogens with zero attached hydrogens (tertiary/aromatic N) is 2. The van der Waals surface area contributed by atoms with Gasteiger partial charge in [0.15, 0.2) is 0 Å². The monoisotopic (exact) mass is 498 g/mol. The summed E-state index contributed by atoms with van der Waals surface area (Å²) >= 11 is 0.